The topological polar surface area (TPSA) is 110 Å². The second kappa shape index (κ2) is 9.75. The number of hydrogen-bond acceptors (Lipinski definition) is 7. The van der Waals surface area contributed by atoms with E-state index in [2.05, 4.69) is 14.7 Å². The molecule has 1 amide bonds. The number of hydroxylamine groups is 1. The molecule has 0 aliphatic rings. The highest BCUT2D eigenvalue weighted by Crippen LogP contribution is 2.36. The van der Waals surface area contributed by atoms with Crippen molar-refractivity contribution in [2.24, 2.45) is 0 Å². The summed E-state index contributed by atoms with van der Waals surface area (Å²) in [6, 6.07) is 9.25. The van der Waals surface area contributed by atoms with Gasteiger partial charge in [0.2, 0.25) is 0 Å². The van der Waals surface area contributed by atoms with Crippen LogP contribution in [0.2, 0.25) is 5.02 Å². The van der Waals surface area contributed by atoms with Gasteiger partial charge in [-0.15, -0.1) is 0 Å². The molecule has 0 radical (unpaired) electrons. The summed E-state index contributed by atoms with van der Waals surface area (Å²) >= 11 is 4.81. The quantitative estimate of drug-likeness (QED) is 0.265. The molecule has 1 unspecified atom stereocenters. The Morgan fingerprint density at radius 2 is 1.94 bits per heavy atom. The SMILES string of the molecule is O=C(NO)c1cc(Sc2ccc(N[S+]([O-])c3ccc(Cl)c(C(F)(F)F)c3)cn2)ccn1. The average molecular weight is 489 g/mol. The molecule has 13 heteroatoms. The first-order valence-corrected chi connectivity index (χ1v) is 10.6. The molecule has 2 aromatic heterocycles. The lowest BCUT2D eigenvalue weighted by molar-refractivity contribution is -0.137. The van der Waals surface area contributed by atoms with Gasteiger partial charge in [-0.1, -0.05) is 23.4 Å². The second-order valence-corrected chi connectivity index (χ2v) is 8.53. The van der Waals surface area contributed by atoms with Crippen molar-refractivity contribution in [2.75, 3.05) is 4.72 Å². The first kappa shape index (κ1) is 23.2. The van der Waals surface area contributed by atoms with Crippen molar-refractivity contribution in [3.63, 3.8) is 0 Å². The molecule has 1 atom stereocenters. The molecule has 3 aromatic rings. The zero-order valence-corrected chi connectivity index (χ0v) is 17.6. The largest absolute Gasteiger partial charge is 0.588 e. The molecule has 3 N–H and O–H groups in total. The number of halogens is 4. The third kappa shape index (κ3) is 6.02. The Kier molecular flexibility index (Phi) is 7.28. The van der Waals surface area contributed by atoms with Crippen LogP contribution in [-0.2, 0) is 17.5 Å². The molecule has 0 aliphatic carbocycles. The first-order valence-electron chi connectivity index (χ1n) is 8.27. The normalized spacial score (nSPS) is 12.3. The monoisotopic (exact) mass is 488 g/mol. The van der Waals surface area contributed by atoms with Crippen molar-refractivity contribution < 1.29 is 27.7 Å². The number of nitrogens with one attached hydrogen (secondary N) is 2. The van der Waals surface area contributed by atoms with Crippen LogP contribution < -0.4 is 10.2 Å². The van der Waals surface area contributed by atoms with Gasteiger partial charge in [0.05, 0.1) is 16.8 Å². The molecule has 0 saturated heterocycles. The summed E-state index contributed by atoms with van der Waals surface area (Å²) in [6.45, 7) is 0. The number of rotatable bonds is 6. The molecule has 0 saturated carbocycles. The Labute approximate surface area is 186 Å². The van der Waals surface area contributed by atoms with Crippen molar-refractivity contribution in [2.45, 2.75) is 21.0 Å². The average Bonchev–Trinajstić information content (AvgIpc) is 2.74. The van der Waals surface area contributed by atoms with Crippen LogP contribution in [0.25, 0.3) is 0 Å². The van der Waals surface area contributed by atoms with E-state index in [-0.39, 0.29) is 10.6 Å². The molecule has 3 rings (SSSR count). The van der Waals surface area contributed by atoms with Crippen LogP contribution in [0.3, 0.4) is 0 Å². The molecule has 0 bridgehead atoms. The fourth-order valence-corrected chi connectivity index (χ4v) is 4.16. The van der Waals surface area contributed by atoms with E-state index in [4.69, 9.17) is 16.8 Å². The molecule has 2 heterocycles. The van der Waals surface area contributed by atoms with Crippen LogP contribution in [0.4, 0.5) is 18.9 Å². The van der Waals surface area contributed by atoms with Gasteiger partial charge in [0.15, 0.2) is 4.90 Å². The van der Waals surface area contributed by atoms with Crippen LogP contribution in [-0.4, -0.2) is 25.6 Å². The molecule has 31 heavy (non-hydrogen) atoms. The Morgan fingerprint density at radius 1 is 1.16 bits per heavy atom. The lowest BCUT2D eigenvalue weighted by atomic mass is 10.2. The predicted octanol–water partition coefficient (Wildman–Crippen LogP) is 4.55. The summed E-state index contributed by atoms with van der Waals surface area (Å²) in [4.78, 5) is 20.0. The van der Waals surface area contributed by atoms with Crippen LogP contribution in [0.1, 0.15) is 16.1 Å². The number of carbonyl (C=O) groups is 1. The van der Waals surface area contributed by atoms with E-state index in [1.165, 1.54) is 41.8 Å². The van der Waals surface area contributed by atoms with Gasteiger partial charge >= 0.3 is 6.18 Å². The van der Waals surface area contributed by atoms with Gasteiger partial charge in [-0.05, 0) is 36.4 Å². The number of alkyl halides is 3. The van der Waals surface area contributed by atoms with Gasteiger partial charge in [-0.2, -0.15) is 13.2 Å². The van der Waals surface area contributed by atoms with Gasteiger partial charge in [0.1, 0.15) is 27.8 Å². The van der Waals surface area contributed by atoms with E-state index in [1.807, 2.05) is 0 Å². The van der Waals surface area contributed by atoms with Gasteiger partial charge in [0, 0.05) is 17.2 Å². The highest BCUT2D eigenvalue weighted by atomic mass is 35.5. The molecular weight excluding hydrogens is 477 g/mol. The van der Waals surface area contributed by atoms with Crippen molar-refractivity contribution in [3.8, 4) is 0 Å². The van der Waals surface area contributed by atoms with Gasteiger partial charge < -0.3 is 4.55 Å². The second-order valence-electron chi connectivity index (χ2n) is 5.82. The summed E-state index contributed by atoms with van der Waals surface area (Å²) in [5.74, 6) is -0.756. The van der Waals surface area contributed by atoms with Gasteiger partial charge in [-0.3, -0.25) is 15.0 Å². The number of nitrogens with zero attached hydrogens (tertiary/aromatic N) is 2. The van der Waals surface area contributed by atoms with Crippen molar-refractivity contribution in [1.82, 2.24) is 15.4 Å². The molecule has 1 aromatic carbocycles. The first-order chi connectivity index (χ1) is 14.7. The molecule has 0 spiro atoms. The summed E-state index contributed by atoms with van der Waals surface area (Å²) in [6.07, 6.45) is -1.90. The molecule has 0 aliphatic heterocycles. The van der Waals surface area contributed by atoms with Crippen LogP contribution in [0.5, 0.6) is 0 Å². The van der Waals surface area contributed by atoms with Crippen LogP contribution in [0, 0.1) is 0 Å². The standard InChI is InChI=1S/C18H12ClF3N4O3S2/c19-14-3-2-12(8-13(14)18(20,21)22)31(29)26-10-1-4-16(24-9-10)30-11-5-6-23-15(7-11)17(27)25-28/h1-9,26,28H,(H,25,27). The smallest absolute Gasteiger partial charge is 0.418 e. The number of aromatic nitrogens is 2. The Bertz CT molecular complexity index is 1090. The Morgan fingerprint density at radius 3 is 2.58 bits per heavy atom. The lowest BCUT2D eigenvalue weighted by Gasteiger charge is -2.14. The minimum absolute atomic E-state index is 0.0161. The Hall–Kier alpha value is -2.51. The van der Waals surface area contributed by atoms with E-state index < -0.39 is 34.0 Å². The lowest BCUT2D eigenvalue weighted by Crippen LogP contribution is -2.19. The maximum Gasteiger partial charge on any atom is 0.418 e. The highest BCUT2D eigenvalue weighted by molar-refractivity contribution is 7.99. The summed E-state index contributed by atoms with van der Waals surface area (Å²) in [5, 5.41) is 8.72. The molecular formula is C18H12ClF3N4O3S2. The summed E-state index contributed by atoms with van der Waals surface area (Å²) < 4.78 is 53.9. The van der Waals surface area contributed by atoms with Gasteiger partial charge in [0.25, 0.3) is 5.91 Å². The number of pyridine rings is 2. The van der Waals surface area contributed by atoms with Crippen molar-refractivity contribution in [3.05, 3.63) is 71.1 Å². The maximum atomic E-state index is 13.0. The minimum atomic E-state index is -4.66. The molecule has 162 valence electrons. The van der Waals surface area contributed by atoms with E-state index in [0.717, 1.165) is 12.1 Å². The number of amides is 1. The van der Waals surface area contributed by atoms with E-state index >= 15 is 0 Å². The van der Waals surface area contributed by atoms with E-state index in [1.54, 1.807) is 18.2 Å². The van der Waals surface area contributed by atoms with Gasteiger partial charge in [-0.25, -0.2) is 15.2 Å². The molecule has 7 nitrogen and oxygen atoms in total. The summed E-state index contributed by atoms with van der Waals surface area (Å²) in [7, 11) is 0. The maximum absolute atomic E-state index is 13.0. The fourth-order valence-electron chi connectivity index (χ4n) is 2.28. The Balaban J connectivity index is 1.69. The molecule has 0 fully saturated rings. The van der Waals surface area contributed by atoms with Crippen molar-refractivity contribution >= 4 is 46.3 Å². The zero-order chi connectivity index (χ0) is 22.6. The number of anilines is 1. The highest BCUT2D eigenvalue weighted by Gasteiger charge is 2.34. The number of hydrogen-bond donors (Lipinski definition) is 3. The van der Waals surface area contributed by atoms with Crippen molar-refractivity contribution in [1.29, 1.82) is 0 Å². The zero-order valence-electron chi connectivity index (χ0n) is 15.2. The van der Waals surface area contributed by atoms with Crippen LogP contribution >= 0.6 is 23.4 Å². The number of carbonyl (C=O) groups excluding carboxylic acids is 1. The minimum Gasteiger partial charge on any atom is -0.588 e. The third-order valence-electron chi connectivity index (χ3n) is 3.69. The summed E-state index contributed by atoms with van der Waals surface area (Å²) in [5.41, 5.74) is 0.759. The van der Waals surface area contributed by atoms with E-state index in [9.17, 15) is 22.5 Å². The fraction of sp³-hybridized carbons (Fsp3) is 0.0556. The van der Waals surface area contributed by atoms with E-state index in [0.29, 0.717) is 15.6 Å². The number of benzene rings is 1. The predicted molar refractivity (Wildman–Crippen MR) is 108 cm³/mol. The van der Waals surface area contributed by atoms with Crippen LogP contribution in [0.15, 0.2) is 69.7 Å². The third-order valence-corrected chi connectivity index (χ3v) is 6.07.